The molecule has 0 aliphatic rings. The second-order valence-electron chi connectivity index (χ2n) is 3.93. The van der Waals surface area contributed by atoms with Gasteiger partial charge >= 0.3 is 12.0 Å². The number of hydrogen-bond acceptors (Lipinski definition) is 3. The largest absolute Gasteiger partial charge is 0.480 e. The van der Waals surface area contributed by atoms with E-state index in [9.17, 15) is 14.4 Å². The second kappa shape index (κ2) is 8.32. The molecule has 4 N–H and O–H groups in total. The van der Waals surface area contributed by atoms with Gasteiger partial charge in [0.15, 0.2) is 0 Å². The van der Waals surface area contributed by atoms with Gasteiger partial charge in [-0.3, -0.25) is 4.79 Å². The zero-order chi connectivity index (χ0) is 14.1. The molecular weight excluding hydrogens is 238 g/mol. The van der Waals surface area contributed by atoms with Gasteiger partial charge in [0.1, 0.15) is 12.1 Å². The number of hydrogen-bond donors (Lipinski definition) is 4. The number of carboxylic acid groups (broad SMARTS) is 1. The van der Waals surface area contributed by atoms with Crippen LogP contribution in [0.3, 0.4) is 0 Å². The molecule has 0 aromatic heterocycles. The molecule has 0 rings (SSSR count). The molecule has 0 aromatic carbocycles. The first-order chi connectivity index (χ1) is 8.42. The maximum atomic E-state index is 11.5. The first kappa shape index (κ1) is 16.2. The van der Waals surface area contributed by atoms with Gasteiger partial charge in [0.25, 0.3) is 0 Å². The Kier molecular flexibility index (Phi) is 7.50. The van der Waals surface area contributed by atoms with Crippen molar-refractivity contribution in [2.75, 3.05) is 6.54 Å². The highest BCUT2D eigenvalue weighted by molar-refractivity contribution is 5.88. The van der Waals surface area contributed by atoms with E-state index in [2.05, 4.69) is 16.0 Å². The van der Waals surface area contributed by atoms with Crippen molar-refractivity contribution in [2.45, 2.75) is 45.7 Å². The summed E-state index contributed by atoms with van der Waals surface area (Å²) in [6.45, 7) is 5.64. The number of urea groups is 1. The molecule has 0 saturated heterocycles. The monoisotopic (exact) mass is 259 g/mol. The summed E-state index contributed by atoms with van der Waals surface area (Å²) in [4.78, 5) is 33.6. The first-order valence-corrected chi connectivity index (χ1v) is 5.99. The highest BCUT2D eigenvalue weighted by Gasteiger charge is 2.20. The average Bonchev–Trinajstić information content (AvgIpc) is 2.32. The Hall–Kier alpha value is -1.79. The van der Waals surface area contributed by atoms with Crippen molar-refractivity contribution in [3.63, 3.8) is 0 Å². The van der Waals surface area contributed by atoms with E-state index < -0.39 is 24.1 Å². The summed E-state index contributed by atoms with van der Waals surface area (Å²) in [5, 5.41) is 16.1. The highest BCUT2D eigenvalue weighted by Crippen LogP contribution is 1.91. The third kappa shape index (κ3) is 6.07. The van der Waals surface area contributed by atoms with E-state index in [1.54, 1.807) is 6.92 Å². The molecule has 0 aliphatic carbocycles. The van der Waals surface area contributed by atoms with Crippen molar-refractivity contribution >= 4 is 17.9 Å². The van der Waals surface area contributed by atoms with Crippen molar-refractivity contribution < 1.29 is 19.5 Å². The van der Waals surface area contributed by atoms with Gasteiger partial charge in [-0.25, -0.2) is 9.59 Å². The predicted molar refractivity (Wildman–Crippen MR) is 66.1 cm³/mol. The van der Waals surface area contributed by atoms with Crippen LogP contribution in [0.15, 0.2) is 0 Å². The Bertz CT molecular complexity index is 307. The Morgan fingerprint density at radius 2 is 1.78 bits per heavy atom. The Labute approximate surface area is 106 Å². The van der Waals surface area contributed by atoms with Crippen molar-refractivity contribution in [3.05, 3.63) is 0 Å². The molecule has 0 saturated carbocycles. The molecule has 1 unspecified atom stereocenters. The van der Waals surface area contributed by atoms with E-state index in [0.717, 1.165) is 6.42 Å². The van der Waals surface area contributed by atoms with Gasteiger partial charge in [-0.15, -0.1) is 0 Å². The maximum Gasteiger partial charge on any atom is 0.326 e. The molecular formula is C11H21N3O4. The lowest BCUT2D eigenvalue weighted by Gasteiger charge is -2.17. The topological polar surface area (TPSA) is 108 Å². The second-order valence-corrected chi connectivity index (χ2v) is 3.93. The number of rotatable bonds is 7. The fourth-order valence-electron chi connectivity index (χ4n) is 1.20. The van der Waals surface area contributed by atoms with Gasteiger partial charge in [-0.2, -0.15) is 0 Å². The van der Waals surface area contributed by atoms with Crippen LogP contribution in [0.5, 0.6) is 0 Å². The summed E-state index contributed by atoms with van der Waals surface area (Å²) in [7, 11) is 0. The lowest BCUT2D eigenvalue weighted by molar-refractivity contribution is -0.139. The van der Waals surface area contributed by atoms with Crippen molar-refractivity contribution in [1.29, 1.82) is 0 Å². The Balaban J connectivity index is 4.14. The molecule has 0 aliphatic heterocycles. The normalized spacial score (nSPS) is 13.3. The first-order valence-electron chi connectivity index (χ1n) is 5.99. The van der Waals surface area contributed by atoms with Crippen molar-refractivity contribution in [1.82, 2.24) is 16.0 Å². The fraction of sp³-hybridized carbons (Fsp3) is 0.727. The number of carboxylic acids is 1. The molecule has 3 amide bonds. The molecule has 7 nitrogen and oxygen atoms in total. The number of carbonyl (C=O) groups excluding carboxylic acids is 2. The van der Waals surface area contributed by atoms with Crippen LogP contribution in [-0.2, 0) is 9.59 Å². The minimum absolute atomic E-state index is 0.277. The van der Waals surface area contributed by atoms with Crippen LogP contribution in [0.25, 0.3) is 0 Å². The van der Waals surface area contributed by atoms with Crippen molar-refractivity contribution in [2.24, 2.45) is 0 Å². The molecule has 0 spiro atoms. The molecule has 7 heteroatoms. The number of aliphatic carboxylic acids is 1. The van der Waals surface area contributed by atoms with E-state index >= 15 is 0 Å². The minimum atomic E-state index is -1.10. The Morgan fingerprint density at radius 1 is 1.17 bits per heavy atom. The molecule has 18 heavy (non-hydrogen) atoms. The number of nitrogens with one attached hydrogen (secondary N) is 3. The van der Waals surface area contributed by atoms with E-state index in [-0.39, 0.29) is 12.3 Å². The van der Waals surface area contributed by atoms with Gasteiger partial charge in [0, 0.05) is 6.54 Å². The summed E-state index contributed by atoms with van der Waals surface area (Å²) in [5.74, 6) is -1.40. The van der Waals surface area contributed by atoms with Crippen LogP contribution in [0.4, 0.5) is 4.79 Å². The lowest BCUT2D eigenvalue weighted by atomic mass is 10.2. The van der Waals surface area contributed by atoms with Gasteiger partial charge in [0.05, 0.1) is 0 Å². The molecule has 2 atom stereocenters. The number of carbonyl (C=O) groups is 3. The quantitative estimate of drug-likeness (QED) is 0.518. The zero-order valence-corrected chi connectivity index (χ0v) is 10.9. The van der Waals surface area contributed by atoms with Gasteiger partial charge < -0.3 is 21.1 Å². The van der Waals surface area contributed by atoms with Gasteiger partial charge in [-0.05, 0) is 19.8 Å². The summed E-state index contributed by atoms with van der Waals surface area (Å²) >= 11 is 0. The van der Waals surface area contributed by atoms with Gasteiger partial charge in [-0.1, -0.05) is 13.8 Å². The maximum absolute atomic E-state index is 11.5. The van der Waals surface area contributed by atoms with Crippen LogP contribution < -0.4 is 16.0 Å². The molecule has 0 radical (unpaired) electrons. The van der Waals surface area contributed by atoms with E-state index in [0.29, 0.717) is 6.54 Å². The zero-order valence-electron chi connectivity index (χ0n) is 10.9. The molecule has 104 valence electrons. The average molecular weight is 259 g/mol. The predicted octanol–water partition coefficient (Wildman–Crippen LogP) is 0.0635. The van der Waals surface area contributed by atoms with Crippen LogP contribution >= 0.6 is 0 Å². The lowest BCUT2D eigenvalue weighted by Crippen LogP contribution is -2.52. The van der Waals surface area contributed by atoms with Crippen LogP contribution in [0.2, 0.25) is 0 Å². The minimum Gasteiger partial charge on any atom is -0.480 e. The van der Waals surface area contributed by atoms with E-state index in [4.69, 9.17) is 5.11 Å². The summed E-state index contributed by atoms with van der Waals surface area (Å²) in [6, 6.07) is -2.32. The standard InChI is InChI=1S/C11H21N3O4/c1-4-6-12-9(15)7(3)13-11(18)14-8(5-2)10(16)17/h7-8H,4-6H2,1-3H3,(H,12,15)(H,16,17)(H2,13,14,18)/t7?,8-/m1/s1. The van der Waals surface area contributed by atoms with Crippen molar-refractivity contribution in [3.8, 4) is 0 Å². The molecule has 0 heterocycles. The van der Waals surface area contributed by atoms with Crippen LogP contribution in [0, 0.1) is 0 Å². The number of amides is 3. The fourth-order valence-corrected chi connectivity index (χ4v) is 1.20. The highest BCUT2D eigenvalue weighted by atomic mass is 16.4. The van der Waals surface area contributed by atoms with Crippen LogP contribution in [-0.4, -0.2) is 41.6 Å². The third-order valence-corrected chi connectivity index (χ3v) is 2.30. The smallest absolute Gasteiger partial charge is 0.326 e. The summed E-state index contributed by atoms with van der Waals surface area (Å²) in [5.41, 5.74) is 0. The third-order valence-electron chi connectivity index (χ3n) is 2.30. The van der Waals surface area contributed by atoms with E-state index in [1.807, 2.05) is 6.92 Å². The summed E-state index contributed by atoms with van der Waals surface area (Å²) < 4.78 is 0. The molecule has 0 fully saturated rings. The molecule has 0 bridgehead atoms. The van der Waals surface area contributed by atoms with Gasteiger partial charge in [0.2, 0.25) is 5.91 Å². The van der Waals surface area contributed by atoms with Crippen LogP contribution in [0.1, 0.15) is 33.6 Å². The Morgan fingerprint density at radius 3 is 2.22 bits per heavy atom. The molecule has 0 aromatic rings. The summed E-state index contributed by atoms with van der Waals surface area (Å²) in [6.07, 6.45) is 1.08. The SMILES string of the molecule is CCCNC(=O)C(C)NC(=O)N[C@H](CC)C(=O)O. The van der Waals surface area contributed by atoms with E-state index in [1.165, 1.54) is 6.92 Å².